The number of aliphatic hydroxyl groups excluding tert-OH is 1. The van der Waals surface area contributed by atoms with Crippen LogP contribution in [0.25, 0.3) is 0 Å². The van der Waals surface area contributed by atoms with E-state index in [1.54, 1.807) is 7.05 Å². The Morgan fingerprint density at radius 3 is 2.58 bits per heavy atom. The summed E-state index contributed by atoms with van der Waals surface area (Å²) in [7, 11) is 1.63. The largest absolute Gasteiger partial charge is 0.406 e. The Labute approximate surface area is 108 Å². The Morgan fingerprint density at radius 2 is 2.16 bits per heavy atom. The van der Waals surface area contributed by atoms with Crippen LogP contribution in [0.1, 0.15) is 10.4 Å². The lowest BCUT2D eigenvalue weighted by Gasteiger charge is -2.23. The van der Waals surface area contributed by atoms with Gasteiger partial charge >= 0.3 is 6.18 Å². The highest BCUT2D eigenvalue weighted by Crippen LogP contribution is 2.18. The number of pyridine rings is 1. The second-order valence-electron chi connectivity index (χ2n) is 3.75. The van der Waals surface area contributed by atoms with Crippen molar-refractivity contribution in [3.8, 4) is 0 Å². The van der Waals surface area contributed by atoms with Crippen molar-refractivity contribution >= 4 is 11.7 Å². The van der Waals surface area contributed by atoms with Gasteiger partial charge < -0.3 is 15.3 Å². The summed E-state index contributed by atoms with van der Waals surface area (Å²) in [6, 6.07) is 2.86. The molecule has 5 nitrogen and oxygen atoms in total. The van der Waals surface area contributed by atoms with Crippen LogP contribution in [-0.2, 0) is 0 Å². The molecule has 1 amide bonds. The fraction of sp³-hybridized carbons (Fsp3) is 0.455. The highest BCUT2D eigenvalue weighted by Gasteiger charge is 2.33. The zero-order chi connectivity index (χ0) is 14.5. The molecule has 0 aliphatic rings. The fourth-order valence-corrected chi connectivity index (χ4v) is 1.44. The van der Waals surface area contributed by atoms with Gasteiger partial charge in [-0.15, -0.1) is 0 Å². The van der Waals surface area contributed by atoms with E-state index in [0.717, 1.165) is 0 Å². The van der Waals surface area contributed by atoms with Crippen LogP contribution < -0.4 is 5.32 Å². The lowest BCUT2D eigenvalue weighted by molar-refractivity contribution is -0.141. The van der Waals surface area contributed by atoms with Gasteiger partial charge in [0.15, 0.2) is 0 Å². The average Bonchev–Trinajstić information content (AvgIpc) is 2.36. The van der Waals surface area contributed by atoms with E-state index < -0.39 is 25.2 Å². The summed E-state index contributed by atoms with van der Waals surface area (Å²) >= 11 is 0. The minimum atomic E-state index is -4.51. The zero-order valence-electron chi connectivity index (χ0n) is 10.2. The van der Waals surface area contributed by atoms with Gasteiger partial charge in [-0.2, -0.15) is 13.2 Å². The molecule has 0 aromatic carbocycles. The summed E-state index contributed by atoms with van der Waals surface area (Å²) < 4.78 is 37.0. The number of nitrogens with one attached hydrogen (secondary N) is 1. The number of anilines is 1. The standard InChI is InChI=1S/C11H14F3N3O2/c1-15-9-3-2-8(6-16-9)10(19)17(4-5-18)7-11(12,13)14/h2-3,6,18H,4-5,7H2,1H3,(H,15,16). The molecule has 0 bridgehead atoms. The number of aliphatic hydroxyl groups is 1. The molecule has 0 saturated carbocycles. The van der Waals surface area contributed by atoms with Gasteiger partial charge in [0.2, 0.25) is 0 Å². The summed E-state index contributed by atoms with van der Waals surface area (Å²) in [6.07, 6.45) is -3.32. The van der Waals surface area contributed by atoms with Gasteiger partial charge in [0.25, 0.3) is 5.91 Å². The summed E-state index contributed by atoms with van der Waals surface area (Å²) in [5, 5.41) is 11.5. The molecule has 0 aliphatic carbocycles. The molecule has 0 radical (unpaired) electrons. The molecule has 1 aromatic rings. The third-order valence-corrected chi connectivity index (χ3v) is 2.29. The molecule has 1 heterocycles. The van der Waals surface area contributed by atoms with Crippen LogP contribution in [0.2, 0.25) is 0 Å². The molecule has 0 unspecified atom stereocenters. The van der Waals surface area contributed by atoms with Crippen LogP contribution in [0.3, 0.4) is 0 Å². The molecule has 1 aromatic heterocycles. The summed E-state index contributed by atoms with van der Waals surface area (Å²) in [4.78, 5) is 16.3. The van der Waals surface area contributed by atoms with Gasteiger partial charge in [-0.05, 0) is 12.1 Å². The Hall–Kier alpha value is -1.83. The van der Waals surface area contributed by atoms with Crippen molar-refractivity contribution < 1.29 is 23.1 Å². The lowest BCUT2D eigenvalue weighted by atomic mass is 10.2. The highest BCUT2D eigenvalue weighted by molar-refractivity contribution is 5.94. The van der Waals surface area contributed by atoms with Gasteiger partial charge in [0.05, 0.1) is 12.2 Å². The van der Waals surface area contributed by atoms with Crippen LogP contribution in [0.5, 0.6) is 0 Å². The maximum atomic E-state index is 12.3. The van der Waals surface area contributed by atoms with E-state index in [9.17, 15) is 18.0 Å². The number of amides is 1. The number of alkyl halides is 3. The van der Waals surface area contributed by atoms with Gasteiger partial charge in [0, 0.05) is 19.8 Å². The molecule has 0 spiro atoms. The van der Waals surface area contributed by atoms with E-state index in [0.29, 0.717) is 10.7 Å². The van der Waals surface area contributed by atoms with Gasteiger partial charge in [-0.3, -0.25) is 4.79 Å². The highest BCUT2D eigenvalue weighted by atomic mass is 19.4. The number of carbonyl (C=O) groups excluding carboxylic acids is 1. The predicted octanol–water partition coefficient (Wildman–Crippen LogP) is 1.12. The second kappa shape index (κ2) is 6.37. The topological polar surface area (TPSA) is 65.5 Å². The van der Waals surface area contributed by atoms with Crippen LogP contribution >= 0.6 is 0 Å². The average molecular weight is 277 g/mol. The summed E-state index contributed by atoms with van der Waals surface area (Å²) in [5.41, 5.74) is 0.0386. The first-order chi connectivity index (χ1) is 8.87. The van der Waals surface area contributed by atoms with E-state index in [-0.39, 0.29) is 12.1 Å². The first-order valence-electron chi connectivity index (χ1n) is 5.48. The first kappa shape index (κ1) is 15.2. The molecule has 0 aliphatic heterocycles. The van der Waals surface area contributed by atoms with Crippen molar-refractivity contribution in [2.45, 2.75) is 6.18 Å². The van der Waals surface area contributed by atoms with E-state index in [4.69, 9.17) is 5.11 Å². The number of rotatable bonds is 5. The van der Waals surface area contributed by atoms with Gasteiger partial charge in [-0.25, -0.2) is 4.98 Å². The third kappa shape index (κ3) is 4.74. The fourth-order valence-electron chi connectivity index (χ4n) is 1.44. The van der Waals surface area contributed by atoms with Crippen molar-refractivity contribution in [3.05, 3.63) is 23.9 Å². The van der Waals surface area contributed by atoms with Crippen molar-refractivity contribution in [1.82, 2.24) is 9.88 Å². The van der Waals surface area contributed by atoms with E-state index >= 15 is 0 Å². The molecular weight excluding hydrogens is 263 g/mol. The SMILES string of the molecule is CNc1ccc(C(=O)N(CCO)CC(F)(F)F)cn1. The number of halogens is 3. The van der Waals surface area contributed by atoms with Crippen LogP contribution in [0.15, 0.2) is 18.3 Å². The van der Waals surface area contributed by atoms with E-state index in [1.807, 2.05) is 0 Å². The minimum absolute atomic E-state index is 0.0386. The maximum Gasteiger partial charge on any atom is 0.406 e. The Kier molecular flexibility index (Phi) is 5.11. The smallest absolute Gasteiger partial charge is 0.395 e. The van der Waals surface area contributed by atoms with Crippen molar-refractivity contribution in [2.75, 3.05) is 32.1 Å². The second-order valence-corrected chi connectivity index (χ2v) is 3.75. The molecule has 0 fully saturated rings. The number of hydrogen-bond donors (Lipinski definition) is 2. The van der Waals surface area contributed by atoms with Crippen LogP contribution in [-0.4, -0.2) is 53.8 Å². The minimum Gasteiger partial charge on any atom is -0.395 e. The number of aromatic nitrogens is 1. The number of nitrogens with zero attached hydrogens (tertiary/aromatic N) is 2. The van der Waals surface area contributed by atoms with Crippen LogP contribution in [0.4, 0.5) is 19.0 Å². The molecule has 8 heteroatoms. The molecule has 1 rings (SSSR count). The number of hydrogen-bond acceptors (Lipinski definition) is 4. The molecule has 0 saturated heterocycles. The quantitative estimate of drug-likeness (QED) is 0.846. The number of carbonyl (C=O) groups is 1. The van der Waals surface area contributed by atoms with E-state index in [1.165, 1.54) is 18.3 Å². The third-order valence-electron chi connectivity index (χ3n) is 2.29. The molecule has 2 N–H and O–H groups in total. The zero-order valence-corrected chi connectivity index (χ0v) is 10.2. The van der Waals surface area contributed by atoms with Gasteiger partial charge in [-0.1, -0.05) is 0 Å². The Morgan fingerprint density at radius 1 is 1.47 bits per heavy atom. The molecule has 0 atom stereocenters. The van der Waals surface area contributed by atoms with Crippen molar-refractivity contribution in [2.24, 2.45) is 0 Å². The normalized spacial score (nSPS) is 11.2. The van der Waals surface area contributed by atoms with Crippen LogP contribution in [0, 0.1) is 0 Å². The summed E-state index contributed by atoms with van der Waals surface area (Å²) in [6.45, 7) is -2.32. The monoisotopic (exact) mass is 277 g/mol. The van der Waals surface area contributed by atoms with Gasteiger partial charge in [0.1, 0.15) is 12.4 Å². The molecular formula is C11H14F3N3O2. The lowest BCUT2D eigenvalue weighted by Crippen LogP contribution is -2.40. The first-order valence-corrected chi connectivity index (χ1v) is 5.48. The van der Waals surface area contributed by atoms with E-state index in [2.05, 4.69) is 10.3 Å². The molecule has 19 heavy (non-hydrogen) atoms. The van der Waals surface area contributed by atoms with Crippen molar-refractivity contribution in [1.29, 1.82) is 0 Å². The summed E-state index contributed by atoms with van der Waals surface area (Å²) in [5.74, 6) is -0.317. The molecule has 106 valence electrons. The van der Waals surface area contributed by atoms with Crippen molar-refractivity contribution in [3.63, 3.8) is 0 Å². The Balaban J connectivity index is 2.85. The Bertz CT molecular complexity index is 420. The maximum absolute atomic E-state index is 12.3. The predicted molar refractivity (Wildman–Crippen MR) is 62.8 cm³/mol.